The highest BCUT2D eigenvalue weighted by molar-refractivity contribution is 7.80. The third-order valence-electron chi connectivity index (χ3n) is 3.61. The Morgan fingerprint density at radius 3 is 2.17 bits per heavy atom. The molecule has 0 aliphatic carbocycles. The molecule has 0 amide bonds. The number of hydrogen-bond acceptors (Lipinski definition) is 1. The van der Waals surface area contributed by atoms with Gasteiger partial charge in [-0.05, 0) is 45.1 Å². The van der Waals surface area contributed by atoms with E-state index in [1.54, 1.807) is 0 Å². The molecule has 2 aromatic carbocycles. The van der Waals surface area contributed by atoms with Gasteiger partial charge in [0.15, 0.2) is 5.11 Å². The average Bonchev–Trinajstić information content (AvgIpc) is 2.58. The van der Waals surface area contributed by atoms with Gasteiger partial charge in [-0.25, -0.2) is 4.99 Å². The Morgan fingerprint density at radius 1 is 1.00 bits per heavy atom. The summed E-state index contributed by atoms with van der Waals surface area (Å²) >= 11 is 5.43. The van der Waals surface area contributed by atoms with Crippen molar-refractivity contribution in [3.63, 3.8) is 0 Å². The number of aryl methyl sites for hydroxylation is 1. The molecule has 0 aliphatic heterocycles. The van der Waals surface area contributed by atoms with E-state index in [1.165, 1.54) is 5.56 Å². The van der Waals surface area contributed by atoms with Crippen molar-refractivity contribution in [1.82, 2.24) is 4.90 Å². The number of nitrogens with one attached hydrogen (secondary N) is 1. The van der Waals surface area contributed by atoms with Gasteiger partial charge < -0.3 is 10.2 Å². The predicted molar refractivity (Wildman–Crippen MR) is 103 cm³/mol. The molecule has 0 heterocycles. The lowest BCUT2D eigenvalue weighted by Crippen LogP contribution is -2.32. The lowest BCUT2D eigenvalue weighted by molar-refractivity contribution is 0.467. The maximum Gasteiger partial charge on any atom is 0.199 e. The largest absolute Gasteiger partial charge is 0.357 e. The molecule has 0 aliphatic rings. The molecule has 0 atom stereocenters. The number of rotatable bonds is 4. The maximum atomic E-state index is 5.43. The molecule has 1 N–H and O–H groups in total. The van der Waals surface area contributed by atoms with E-state index >= 15 is 0 Å². The molecule has 23 heavy (non-hydrogen) atoms. The Kier molecular flexibility index (Phi) is 6.29. The quantitative estimate of drug-likeness (QED) is 0.510. The molecule has 0 radical (unpaired) electrons. The average molecular weight is 325 g/mol. The molecule has 0 bridgehead atoms. The zero-order valence-corrected chi connectivity index (χ0v) is 14.7. The van der Waals surface area contributed by atoms with Crippen molar-refractivity contribution in [2.75, 3.05) is 18.4 Å². The van der Waals surface area contributed by atoms with Crippen LogP contribution in [-0.4, -0.2) is 28.9 Å². The number of amidine groups is 1. The summed E-state index contributed by atoms with van der Waals surface area (Å²) in [7, 11) is 0. The first-order chi connectivity index (χ1) is 11.1. The molecule has 3 nitrogen and oxygen atoms in total. The van der Waals surface area contributed by atoms with Crippen LogP contribution in [0.3, 0.4) is 0 Å². The summed E-state index contributed by atoms with van der Waals surface area (Å²) in [6.07, 6.45) is 0. The number of hydrogen-bond donors (Lipinski definition) is 1. The van der Waals surface area contributed by atoms with E-state index in [-0.39, 0.29) is 0 Å². The summed E-state index contributed by atoms with van der Waals surface area (Å²) < 4.78 is 0. The van der Waals surface area contributed by atoms with E-state index in [0.29, 0.717) is 5.11 Å². The van der Waals surface area contributed by atoms with Crippen molar-refractivity contribution < 1.29 is 0 Å². The van der Waals surface area contributed by atoms with E-state index in [9.17, 15) is 0 Å². The van der Waals surface area contributed by atoms with Gasteiger partial charge in [-0.15, -0.1) is 0 Å². The van der Waals surface area contributed by atoms with Crippen molar-refractivity contribution in [3.8, 4) is 0 Å². The van der Waals surface area contributed by atoms with Crippen molar-refractivity contribution in [2.45, 2.75) is 20.8 Å². The van der Waals surface area contributed by atoms with E-state index in [4.69, 9.17) is 12.2 Å². The fourth-order valence-electron chi connectivity index (χ4n) is 2.31. The summed E-state index contributed by atoms with van der Waals surface area (Å²) in [5.74, 6) is 0.903. The highest BCUT2D eigenvalue weighted by Crippen LogP contribution is 2.11. The summed E-state index contributed by atoms with van der Waals surface area (Å²) in [6, 6.07) is 18.3. The van der Waals surface area contributed by atoms with Crippen LogP contribution in [0.4, 0.5) is 5.69 Å². The Hall–Kier alpha value is -2.20. The van der Waals surface area contributed by atoms with Gasteiger partial charge in [0.05, 0.1) is 0 Å². The molecular formula is C19H23N3S. The summed E-state index contributed by atoms with van der Waals surface area (Å²) in [5, 5.41) is 3.66. The van der Waals surface area contributed by atoms with Crippen molar-refractivity contribution >= 4 is 28.9 Å². The van der Waals surface area contributed by atoms with Gasteiger partial charge in [0.2, 0.25) is 0 Å². The second-order valence-electron chi connectivity index (χ2n) is 5.27. The fraction of sp³-hybridized carbons (Fsp3) is 0.263. The van der Waals surface area contributed by atoms with Gasteiger partial charge in [-0.3, -0.25) is 0 Å². The van der Waals surface area contributed by atoms with Crippen molar-refractivity contribution in [1.29, 1.82) is 0 Å². The zero-order chi connectivity index (χ0) is 16.7. The second kappa shape index (κ2) is 8.44. The minimum Gasteiger partial charge on any atom is -0.357 e. The van der Waals surface area contributed by atoms with Gasteiger partial charge in [0, 0.05) is 24.3 Å². The first-order valence-electron chi connectivity index (χ1n) is 7.90. The van der Waals surface area contributed by atoms with Crippen LogP contribution in [0.15, 0.2) is 59.6 Å². The smallest absolute Gasteiger partial charge is 0.199 e. The molecule has 120 valence electrons. The van der Waals surface area contributed by atoms with Gasteiger partial charge >= 0.3 is 0 Å². The molecule has 2 aromatic rings. The van der Waals surface area contributed by atoms with E-state index in [2.05, 4.69) is 60.2 Å². The topological polar surface area (TPSA) is 27.6 Å². The lowest BCUT2D eigenvalue weighted by Gasteiger charge is -2.23. The summed E-state index contributed by atoms with van der Waals surface area (Å²) in [4.78, 5) is 6.88. The summed E-state index contributed by atoms with van der Waals surface area (Å²) in [5.41, 5.74) is 3.25. The third kappa shape index (κ3) is 4.89. The molecule has 4 heteroatoms. The number of benzene rings is 2. The van der Waals surface area contributed by atoms with Gasteiger partial charge in [-0.2, -0.15) is 0 Å². The third-order valence-corrected chi connectivity index (χ3v) is 3.80. The normalized spacial score (nSPS) is 11.2. The fourth-order valence-corrected chi connectivity index (χ4v) is 2.52. The van der Waals surface area contributed by atoms with Crippen LogP contribution in [0.2, 0.25) is 0 Å². The van der Waals surface area contributed by atoms with Crippen LogP contribution in [0.1, 0.15) is 25.0 Å². The Bertz CT molecular complexity index is 659. The standard InChI is InChI=1S/C19H23N3S/c1-4-22(5-2)18(16-9-7-6-8-10-16)21-19(23)20-17-13-11-15(3)12-14-17/h6-14H,4-5H2,1-3H3,(H,20,23)/b21-18+. The van der Waals surface area contributed by atoms with Crippen LogP contribution in [-0.2, 0) is 0 Å². The van der Waals surface area contributed by atoms with Crippen molar-refractivity contribution in [3.05, 3.63) is 65.7 Å². The second-order valence-corrected chi connectivity index (χ2v) is 5.66. The van der Waals surface area contributed by atoms with Crippen LogP contribution < -0.4 is 5.32 Å². The highest BCUT2D eigenvalue weighted by atomic mass is 32.1. The van der Waals surface area contributed by atoms with Crippen LogP contribution >= 0.6 is 12.2 Å². The molecule has 0 aromatic heterocycles. The van der Waals surface area contributed by atoms with Crippen LogP contribution in [0.5, 0.6) is 0 Å². The van der Waals surface area contributed by atoms with E-state index < -0.39 is 0 Å². The van der Waals surface area contributed by atoms with Crippen LogP contribution in [0.25, 0.3) is 0 Å². The molecular weight excluding hydrogens is 302 g/mol. The number of thiocarbonyl (C=S) groups is 1. The van der Waals surface area contributed by atoms with Crippen molar-refractivity contribution in [2.24, 2.45) is 4.99 Å². The Labute approximate surface area is 144 Å². The minimum absolute atomic E-state index is 0.472. The first-order valence-corrected chi connectivity index (χ1v) is 8.31. The predicted octanol–water partition coefficient (Wildman–Crippen LogP) is 4.48. The molecule has 2 rings (SSSR count). The molecule has 0 saturated heterocycles. The number of anilines is 1. The summed E-state index contributed by atoms with van der Waals surface area (Å²) in [6.45, 7) is 8.08. The maximum absolute atomic E-state index is 5.43. The van der Waals surface area contributed by atoms with E-state index in [0.717, 1.165) is 30.2 Å². The van der Waals surface area contributed by atoms with Crippen LogP contribution in [0, 0.1) is 6.92 Å². The molecule has 0 spiro atoms. The Balaban J connectivity index is 2.25. The number of nitrogens with zero attached hydrogens (tertiary/aromatic N) is 2. The Morgan fingerprint density at radius 2 is 1.61 bits per heavy atom. The van der Waals surface area contributed by atoms with E-state index in [1.807, 2.05) is 30.3 Å². The minimum atomic E-state index is 0.472. The number of aliphatic imine (C=N–C) groups is 1. The molecule has 0 saturated carbocycles. The SMILES string of the molecule is CCN(CC)/C(=N/C(=S)Nc1ccc(C)cc1)c1ccccc1. The zero-order valence-electron chi connectivity index (χ0n) is 13.9. The lowest BCUT2D eigenvalue weighted by atomic mass is 10.2. The highest BCUT2D eigenvalue weighted by Gasteiger charge is 2.11. The molecule has 0 unspecified atom stereocenters. The van der Waals surface area contributed by atoms with Gasteiger partial charge in [0.1, 0.15) is 5.84 Å². The van der Waals surface area contributed by atoms with Gasteiger partial charge in [-0.1, -0.05) is 48.0 Å². The first kappa shape index (κ1) is 17.2. The monoisotopic (exact) mass is 325 g/mol. The van der Waals surface area contributed by atoms with Gasteiger partial charge in [0.25, 0.3) is 0 Å². The molecule has 0 fully saturated rings.